The number of benzene rings is 2. The largest absolute Gasteiger partial charge is 0.493 e. The van der Waals surface area contributed by atoms with E-state index in [9.17, 15) is 4.79 Å². The number of morpholine rings is 1. The highest BCUT2D eigenvalue weighted by Gasteiger charge is 2.32. The molecule has 0 saturated carbocycles. The number of hydrogen-bond acceptors (Lipinski definition) is 10. The van der Waals surface area contributed by atoms with Gasteiger partial charge in [0.1, 0.15) is 11.6 Å². The van der Waals surface area contributed by atoms with Crippen molar-refractivity contribution in [1.82, 2.24) is 20.3 Å². The molecule has 2 aliphatic heterocycles. The summed E-state index contributed by atoms with van der Waals surface area (Å²) in [5.41, 5.74) is 4.79. The molecule has 218 valence electrons. The summed E-state index contributed by atoms with van der Waals surface area (Å²) in [4.78, 5) is 32.9. The van der Waals surface area contributed by atoms with Gasteiger partial charge in [-0.25, -0.2) is 9.97 Å². The van der Waals surface area contributed by atoms with Gasteiger partial charge in [-0.2, -0.15) is 4.98 Å². The molecule has 4 aromatic rings. The first-order valence-electron chi connectivity index (χ1n) is 14.1. The fraction of sp³-hybridized carbons (Fsp3) is 0.355. The molecule has 42 heavy (non-hydrogen) atoms. The van der Waals surface area contributed by atoms with Crippen LogP contribution in [0.2, 0.25) is 0 Å². The molecule has 2 aromatic carbocycles. The average molecular weight is 570 g/mol. The highest BCUT2D eigenvalue weighted by atomic mass is 16.5. The number of amides is 1. The van der Waals surface area contributed by atoms with Crippen LogP contribution in [0, 0.1) is 6.92 Å². The lowest BCUT2D eigenvalue weighted by atomic mass is 10.1. The summed E-state index contributed by atoms with van der Waals surface area (Å²) in [5, 5.41) is 6.48. The third-order valence-electron chi connectivity index (χ3n) is 7.59. The standard InChI is InChI=1S/C31H35N7O4/c1-20-5-4-6-22(17-20)33-30(39)25-19-32-11-12-38(25)29-28-24(35-31(36-29)37-13-15-42-16-14-37)9-8-23(34-28)21-7-10-26(40-2)27(18-21)41-3/h4-10,17-18,25,32H,11-16,19H2,1-3H3,(H,33,39). The molecule has 2 aliphatic rings. The summed E-state index contributed by atoms with van der Waals surface area (Å²) in [6.07, 6.45) is 0. The quantitative estimate of drug-likeness (QED) is 0.344. The van der Waals surface area contributed by atoms with Gasteiger partial charge >= 0.3 is 0 Å². The molecule has 1 unspecified atom stereocenters. The molecule has 0 radical (unpaired) electrons. The van der Waals surface area contributed by atoms with Gasteiger partial charge in [0, 0.05) is 44.0 Å². The summed E-state index contributed by atoms with van der Waals surface area (Å²) >= 11 is 0. The second kappa shape index (κ2) is 12.2. The molecule has 2 aromatic heterocycles. The number of piperazine rings is 1. The van der Waals surface area contributed by atoms with Crippen LogP contribution in [-0.4, -0.2) is 87.1 Å². The van der Waals surface area contributed by atoms with E-state index in [1.807, 2.05) is 61.5 Å². The van der Waals surface area contributed by atoms with E-state index >= 15 is 0 Å². The van der Waals surface area contributed by atoms with E-state index in [4.69, 9.17) is 29.2 Å². The van der Waals surface area contributed by atoms with Gasteiger partial charge in [-0.05, 0) is 55.0 Å². The Morgan fingerprint density at radius 1 is 0.976 bits per heavy atom. The highest BCUT2D eigenvalue weighted by molar-refractivity contribution is 5.99. The molecule has 0 spiro atoms. The number of aryl methyl sites for hydroxylation is 1. The molecule has 2 N–H and O–H groups in total. The van der Waals surface area contributed by atoms with Crippen molar-refractivity contribution in [2.24, 2.45) is 0 Å². The first-order chi connectivity index (χ1) is 20.5. The third-order valence-corrected chi connectivity index (χ3v) is 7.59. The number of rotatable bonds is 7. The fourth-order valence-corrected chi connectivity index (χ4v) is 5.39. The minimum Gasteiger partial charge on any atom is -0.493 e. The number of methoxy groups -OCH3 is 2. The molecule has 0 aliphatic carbocycles. The number of anilines is 3. The lowest BCUT2D eigenvalue weighted by Gasteiger charge is -2.37. The Balaban J connectivity index is 1.44. The Morgan fingerprint density at radius 2 is 1.81 bits per heavy atom. The van der Waals surface area contributed by atoms with Gasteiger partial charge in [0.25, 0.3) is 0 Å². The molecule has 1 amide bonds. The Morgan fingerprint density at radius 3 is 2.60 bits per heavy atom. The number of pyridine rings is 1. The predicted octanol–water partition coefficient (Wildman–Crippen LogP) is 3.27. The average Bonchev–Trinajstić information content (AvgIpc) is 3.04. The van der Waals surface area contributed by atoms with Gasteiger partial charge in [0.2, 0.25) is 11.9 Å². The summed E-state index contributed by atoms with van der Waals surface area (Å²) in [7, 11) is 3.22. The maximum atomic E-state index is 13.7. The minimum absolute atomic E-state index is 0.108. The Labute approximate surface area is 244 Å². The van der Waals surface area contributed by atoms with E-state index in [1.54, 1.807) is 14.2 Å². The molecule has 6 rings (SSSR count). The number of nitrogens with one attached hydrogen (secondary N) is 2. The Kier molecular flexibility index (Phi) is 8.02. The SMILES string of the molecule is COc1ccc(-c2ccc3nc(N4CCOCC4)nc(N4CCNCC4C(=O)Nc4cccc(C)c4)c3n2)cc1OC. The number of aromatic nitrogens is 3. The van der Waals surface area contributed by atoms with Crippen LogP contribution in [0.25, 0.3) is 22.3 Å². The molecule has 4 heterocycles. The van der Waals surface area contributed by atoms with E-state index in [1.165, 1.54) is 0 Å². The zero-order chi connectivity index (χ0) is 29.1. The van der Waals surface area contributed by atoms with Crippen molar-refractivity contribution in [3.05, 3.63) is 60.2 Å². The van der Waals surface area contributed by atoms with Crippen molar-refractivity contribution in [2.45, 2.75) is 13.0 Å². The summed E-state index contributed by atoms with van der Waals surface area (Å²) in [6, 6.07) is 16.9. The van der Waals surface area contributed by atoms with Crippen LogP contribution < -0.4 is 29.9 Å². The lowest BCUT2D eigenvalue weighted by Crippen LogP contribution is -2.57. The molecular formula is C31H35N7O4. The first kappa shape index (κ1) is 27.7. The Hall–Kier alpha value is -4.48. The topological polar surface area (TPSA) is 114 Å². The second-order valence-electron chi connectivity index (χ2n) is 10.4. The van der Waals surface area contributed by atoms with Crippen LogP contribution in [0.15, 0.2) is 54.6 Å². The predicted molar refractivity (Wildman–Crippen MR) is 163 cm³/mol. The minimum atomic E-state index is -0.499. The molecule has 0 bridgehead atoms. The van der Waals surface area contributed by atoms with Crippen molar-refractivity contribution in [3.8, 4) is 22.8 Å². The second-order valence-corrected chi connectivity index (χ2v) is 10.4. The maximum absolute atomic E-state index is 13.7. The van der Waals surface area contributed by atoms with Gasteiger partial charge in [0.15, 0.2) is 17.3 Å². The summed E-state index contributed by atoms with van der Waals surface area (Å²) in [5.74, 6) is 2.40. The maximum Gasteiger partial charge on any atom is 0.248 e. The van der Waals surface area contributed by atoms with E-state index < -0.39 is 6.04 Å². The smallest absolute Gasteiger partial charge is 0.248 e. The summed E-state index contributed by atoms with van der Waals surface area (Å²) in [6.45, 7) is 6.40. The van der Waals surface area contributed by atoms with Crippen LogP contribution in [0.1, 0.15) is 5.56 Å². The number of nitrogens with zero attached hydrogens (tertiary/aromatic N) is 5. The molecule has 1 atom stereocenters. The van der Waals surface area contributed by atoms with E-state index in [0.29, 0.717) is 80.2 Å². The van der Waals surface area contributed by atoms with Crippen molar-refractivity contribution >= 4 is 34.4 Å². The number of carbonyl (C=O) groups is 1. The Bertz CT molecular complexity index is 1590. The number of ether oxygens (including phenoxy) is 3. The van der Waals surface area contributed by atoms with Gasteiger partial charge < -0.3 is 34.6 Å². The fourth-order valence-electron chi connectivity index (χ4n) is 5.39. The number of hydrogen-bond donors (Lipinski definition) is 2. The van der Waals surface area contributed by atoms with Gasteiger partial charge in [-0.15, -0.1) is 0 Å². The molecule has 11 heteroatoms. The first-order valence-corrected chi connectivity index (χ1v) is 14.1. The van der Waals surface area contributed by atoms with E-state index in [-0.39, 0.29) is 5.91 Å². The van der Waals surface area contributed by atoms with Gasteiger partial charge in [-0.1, -0.05) is 12.1 Å². The van der Waals surface area contributed by atoms with Crippen LogP contribution in [0.4, 0.5) is 17.5 Å². The number of carbonyl (C=O) groups excluding carboxylic acids is 1. The highest BCUT2D eigenvalue weighted by Crippen LogP contribution is 2.34. The van der Waals surface area contributed by atoms with E-state index in [0.717, 1.165) is 22.5 Å². The van der Waals surface area contributed by atoms with Gasteiger partial charge in [-0.3, -0.25) is 4.79 Å². The zero-order valence-corrected chi connectivity index (χ0v) is 24.1. The zero-order valence-electron chi connectivity index (χ0n) is 24.1. The van der Waals surface area contributed by atoms with Crippen LogP contribution >= 0.6 is 0 Å². The molecule has 2 fully saturated rings. The van der Waals surface area contributed by atoms with Gasteiger partial charge in [0.05, 0.1) is 38.6 Å². The lowest BCUT2D eigenvalue weighted by molar-refractivity contribution is -0.117. The molecule has 11 nitrogen and oxygen atoms in total. The monoisotopic (exact) mass is 569 g/mol. The van der Waals surface area contributed by atoms with Crippen molar-refractivity contribution in [1.29, 1.82) is 0 Å². The van der Waals surface area contributed by atoms with Crippen LogP contribution in [0.3, 0.4) is 0 Å². The normalized spacial score (nSPS) is 17.3. The van der Waals surface area contributed by atoms with Crippen LogP contribution in [-0.2, 0) is 9.53 Å². The van der Waals surface area contributed by atoms with Crippen LogP contribution in [0.5, 0.6) is 11.5 Å². The third kappa shape index (κ3) is 5.65. The van der Waals surface area contributed by atoms with Crippen molar-refractivity contribution in [3.63, 3.8) is 0 Å². The van der Waals surface area contributed by atoms with Crippen molar-refractivity contribution < 1.29 is 19.0 Å². The number of fused-ring (bicyclic) bond motifs is 1. The van der Waals surface area contributed by atoms with E-state index in [2.05, 4.69) is 20.4 Å². The van der Waals surface area contributed by atoms with Crippen molar-refractivity contribution in [2.75, 3.05) is 75.3 Å². The molecule has 2 saturated heterocycles. The summed E-state index contributed by atoms with van der Waals surface area (Å²) < 4.78 is 16.5. The molecular weight excluding hydrogens is 534 g/mol.